The molecule has 0 saturated heterocycles. The summed E-state index contributed by atoms with van der Waals surface area (Å²) >= 11 is 0. The third kappa shape index (κ3) is 4.20. The van der Waals surface area contributed by atoms with Gasteiger partial charge in [-0.3, -0.25) is 19.1 Å². The number of nitrogens with one attached hydrogen (secondary N) is 1. The van der Waals surface area contributed by atoms with Crippen LogP contribution in [0.2, 0.25) is 0 Å². The van der Waals surface area contributed by atoms with Crippen LogP contribution in [0.1, 0.15) is 19.4 Å². The van der Waals surface area contributed by atoms with Crippen LogP contribution in [0.5, 0.6) is 0 Å². The minimum atomic E-state index is -0.620. The first-order valence-corrected chi connectivity index (χ1v) is 12.5. The number of pyridine rings is 3. The molecule has 0 unspecified atom stereocenters. The largest absolute Gasteiger partial charge is 0.339 e. The van der Waals surface area contributed by atoms with Crippen molar-refractivity contribution in [2.45, 2.75) is 19.3 Å². The Kier molecular flexibility index (Phi) is 5.69. The molecule has 0 aliphatic carbocycles. The lowest BCUT2D eigenvalue weighted by atomic mass is 9.86. The Morgan fingerprint density at radius 2 is 1.72 bits per heavy atom. The van der Waals surface area contributed by atoms with E-state index < -0.39 is 5.41 Å². The summed E-state index contributed by atoms with van der Waals surface area (Å²) in [6.07, 6.45) is 7.03. The highest BCUT2D eigenvalue weighted by Gasteiger charge is 2.21. The van der Waals surface area contributed by atoms with E-state index >= 15 is 0 Å². The highest BCUT2D eigenvalue weighted by molar-refractivity contribution is 6.04. The van der Waals surface area contributed by atoms with Crippen LogP contribution in [0, 0.1) is 11.3 Å². The summed E-state index contributed by atoms with van der Waals surface area (Å²) in [7, 11) is 1.75. The molecule has 0 saturated carbocycles. The summed E-state index contributed by atoms with van der Waals surface area (Å²) in [6.45, 7) is 3.76. The Hall–Kier alpha value is -5.29. The molecule has 0 atom stereocenters. The number of hydrogen-bond acceptors (Lipinski definition) is 6. The molecule has 190 valence electrons. The van der Waals surface area contributed by atoms with Gasteiger partial charge in [0.15, 0.2) is 0 Å². The number of aromatic nitrogens is 5. The van der Waals surface area contributed by atoms with Crippen LogP contribution in [-0.4, -0.2) is 24.1 Å². The van der Waals surface area contributed by atoms with Crippen molar-refractivity contribution in [2.24, 2.45) is 7.05 Å². The second-order valence-corrected chi connectivity index (χ2v) is 9.98. The molecule has 6 rings (SSSR count). The van der Waals surface area contributed by atoms with Crippen molar-refractivity contribution in [3.63, 3.8) is 0 Å². The molecule has 39 heavy (non-hydrogen) atoms. The smallest absolute Gasteiger partial charge is 0.333 e. The molecule has 0 spiro atoms. The molecule has 4 aromatic heterocycles. The molecule has 0 bridgehead atoms. The summed E-state index contributed by atoms with van der Waals surface area (Å²) in [5.41, 5.74) is 5.92. The van der Waals surface area contributed by atoms with E-state index in [1.54, 1.807) is 34.8 Å². The summed E-state index contributed by atoms with van der Waals surface area (Å²) in [5.74, 6) is 0.719. The van der Waals surface area contributed by atoms with E-state index in [4.69, 9.17) is 0 Å². The fourth-order valence-electron chi connectivity index (χ4n) is 4.73. The lowest BCUT2D eigenvalue weighted by Gasteiger charge is -2.16. The Morgan fingerprint density at radius 1 is 0.923 bits per heavy atom. The van der Waals surface area contributed by atoms with Gasteiger partial charge in [-0.25, -0.2) is 9.78 Å². The average Bonchev–Trinajstić information content (AvgIpc) is 3.23. The number of nitriles is 1. The van der Waals surface area contributed by atoms with Crippen LogP contribution in [0.3, 0.4) is 0 Å². The van der Waals surface area contributed by atoms with Gasteiger partial charge in [-0.15, -0.1) is 0 Å². The zero-order valence-electron chi connectivity index (χ0n) is 21.8. The molecule has 0 amide bonds. The van der Waals surface area contributed by atoms with Crippen LogP contribution >= 0.6 is 0 Å². The third-order valence-corrected chi connectivity index (χ3v) is 7.04. The Bertz CT molecular complexity index is 1930. The highest BCUT2D eigenvalue weighted by Crippen LogP contribution is 2.31. The Morgan fingerprint density at radius 3 is 2.41 bits per heavy atom. The monoisotopic (exact) mass is 511 g/mol. The molecular formula is C31H25N7O. The van der Waals surface area contributed by atoms with E-state index in [2.05, 4.69) is 32.4 Å². The van der Waals surface area contributed by atoms with Gasteiger partial charge in [0, 0.05) is 30.4 Å². The minimum Gasteiger partial charge on any atom is -0.339 e. The summed E-state index contributed by atoms with van der Waals surface area (Å²) < 4.78 is 3.33. The second-order valence-electron chi connectivity index (χ2n) is 9.98. The van der Waals surface area contributed by atoms with Crippen molar-refractivity contribution in [1.29, 1.82) is 5.26 Å². The molecule has 2 aromatic carbocycles. The number of hydrogen-bond donors (Lipinski definition) is 1. The zero-order chi connectivity index (χ0) is 27.1. The molecule has 4 heterocycles. The maximum atomic E-state index is 13.4. The van der Waals surface area contributed by atoms with Crippen molar-refractivity contribution >= 4 is 33.4 Å². The standard InChI is InChI=1S/C31H25N7O/c1-31(2,19-32)22-8-10-24(11-9-22)38-29-25-15-20(6-12-26(25)34-18-27(29)37(3)30(38)39)21-7-13-28(35-16-21)36-23-5-4-14-33-17-23/h4-18H,1-3H3,(H,35,36). The molecule has 0 aliphatic rings. The maximum absolute atomic E-state index is 13.4. The number of rotatable bonds is 5. The van der Waals surface area contributed by atoms with Crippen molar-refractivity contribution in [3.05, 3.63) is 108 Å². The van der Waals surface area contributed by atoms with Crippen LogP contribution in [0.4, 0.5) is 11.5 Å². The number of nitrogens with zero attached hydrogens (tertiary/aromatic N) is 6. The molecular weight excluding hydrogens is 486 g/mol. The van der Waals surface area contributed by atoms with Crippen molar-refractivity contribution in [3.8, 4) is 22.9 Å². The van der Waals surface area contributed by atoms with Gasteiger partial charge in [-0.2, -0.15) is 5.26 Å². The first-order valence-electron chi connectivity index (χ1n) is 12.5. The van der Waals surface area contributed by atoms with E-state index in [0.717, 1.165) is 55.8 Å². The number of aryl methyl sites for hydroxylation is 1. The summed E-state index contributed by atoms with van der Waals surface area (Å²) in [5, 5.41) is 13.6. The SMILES string of the molecule is Cn1c(=O)n(-c2ccc(C(C)(C)C#N)cc2)c2c3cc(-c4ccc(Nc5cccnc5)nc4)ccc3ncc21. The molecule has 6 aromatic rings. The molecule has 1 N–H and O–H groups in total. The van der Waals surface area contributed by atoms with E-state index in [1.807, 2.05) is 80.7 Å². The maximum Gasteiger partial charge on any atom is 0.333 e. The van der Waals surface area contributed by atoms with E-state index in [9.17, 15) is 10.1 Å². The Labute approximate surface area is 224 Å². The minimum absolute atomic E-state index is 0.163. The van der Waals surface area contributed by atoms with E-state index in [0.29, 0.717) is 0 Å². The number of fused-ring (bicyclic) bond motifs is 3. The van der Waals surface area contributed by atoms with Crippen LogP contribution < -0.4 is 11.0 Å². The predicted octanol–water partition coefficient (Wildman–Crippen LogP) is 5.88. The van der Waals surface area contributed by atoms with Gasteiger partial charge in [-0.1, -0.05) is 18.2 Å². The van der Waals surface area contributed by atoms with Gasteiger partial charge in [0.2, 0.25) is 0 Å². The first kappa shape index (κ1) is 24.1. The van der Waals surface area contributed by atoms with Crippen molar-refractivity contribution < 1.29 is 0 Å². The van der Waals surface area contributed by atoms with Crippen molar-refractivity contribution in [2.75, 3.05) is 5.32 Å². The van der Waals surface area contributed by atoms with Crippen molar-refractivity contribution in [1.82, 2.24) is 24.1 Å². The first-order chi connectivity index (χ1) is 18.9. The number of anilines is 2. The van der Waals surface area contributed by atoms with Gasteiger partial charge < -0.3 is 5.32 Å². The van der Waals surface area contributed by atoms with Gasteiger partial charge in [0.05, 0.1) is 51.8 Å². The average molecular weight is 512 g/mol. The second kappa shape index (κ2) is 9.23. The van der Waals surface area contributed by atoms with Gasteiger partial charge >= 0.3 is 5.69 Å². The normalized spacial score (nSPS) is 11.5. The molecule has 8 nitrogen and oxygen atoms in total. The molecule has 0 fully saturated rings. The quantitative estimate of drug-likeness (QED) is 0.310. The lowest BCUT2D eigenvalue weighted by Crippen LogP contribution is -2.21. The third-order valence-electron chi connectivity index (χ3n) is 7.04. The summed E-state index contributed by atoms with van der Waals surface area (Å²) in [6, 6.07) is 23.7. The molecule has 0 radical (unpaired) electrons. The predicted molar refractivity (Wildman–Crippen MR) is 153 cm³/mol. The zero-order valence-corrected chi connectivity index (χ0v) is 21.8. The fraction of sp³-hybridized carbons (Fsp3) is 0.129. The highest BCUT2D eigenvalue weighted by atomic mass is 16.1. The fourth-order valence-corrected chi connectivity index (χ4v) is 4.73. The Balaban J connectivity index is 1.46. The van der Waals surface area contributed by atoms with Crippen LogP contribution in [-0.2, 0) is 12.5 Å². The topological polar surface area (TPSA) is 101 Å². The number of benzene rings is 2. The van der Waals surface area contributed by atoms with Gasteiger partial charge in [0.1, 0.15) is 5.82 Å². The van der Waals surface area contributed by atoms with E-state index in [1.165, 1.54) is 0 Å². The number of imidazole rings is 1. The van der Waals surface area contributed by atoms with E-state index in [-0.39, 0.29) is 5.69 Å². The lowest BCUT2D eigenvalue weighted by molar-refractivity contribution is 0.686. The van der Waals surface area contributed by atoms with Gasteiger partial charge in [-0.05, 0) is 73.5 Å². The van der Waals surface area contributed by atoms with Gasteiger partial charge in [0.25, 0.3) is 0 Å². The summed E-state index contributed by atoms with van der Waals surface area (Å²) in [4.78, 5) is 26.8. The molecule has 8 heteroatoms. The molecule has 0 aliphatic heterocycles. The van der Waals surface area contributed by atoms with Crippen LogP contribution in [0.15, 0.2) is 96.3 Å². The van der Waals surface area contributed by atoms with Crippen LogP contribution in [0.25, 0.3) is 38.8 Å².